The molecule has 0 bridgehead atoms. The molecule has 2 aromatic rings. The lowest BCUT2D eigenvalue weighted by molar-refractivity contribution is 0.0696. The highest BCUT2D eigenvalue weighted by molar-refractivity contribution is 7.17. The second kappa shape index (κ2) is 7.42. The zero-order valence-corrected chi connectivity index (χ0v) is 16.6. The average molecular weight is 388 g/mol. The van der Waals surface area contributed by atoms with Gasteiger partial charge in [0.2, 0.25) is 0 Å². The molecule has 0 fully saturated rings. The number of thiophene rings is 1. The standard InChI is InChI=1S/C20H25N3O3S/c1-11-5-4-6-12(10-22-21)15(11)17(24)23-18-16(19(25)26)13-9-20(2,3)8-7-14(13)27-18/h4-6,22H,7-10,21H2,1-3H3,(H,23,24)(H,25,26). The van der Waals surface area contributed by atoms with Crippen LogP contribution in [0.25, 0.3) is 0 Å². The van der Waals surface area contributed by atoms with Crippen LogP contribution >= 0.6 is 11.3 Å². The Hall–Kier alpha value is -2.22. The van der Waals surface area contributed by atoms with Crippen LogP contribution in [0.4, 0.5) is 5.00 Å². The van der Waals surface area contributed by atoms with Gasteiger partial charge in [0.25, 0.3) is 5.91 Å². The number of hydrogen-bond acceptors (Lipinski definition) is 5. The van der Waals surface area contributed by atoms with E-state index in [2.05, 4.69) is 24.6 Å². The van der Waals surface area contributed by atoms with E-state index in [4.69, 9.17) is 5.84 Å². The largest absolute Gasteiger partial charge is 0.478 e. The van der Waals surface area contributed by atoms with Gasteiger partial charge >= 0.3 is 5.97 Å². The molecular formula is C20H25N3O3S. The number of carbonyl (C=O) groups excluding carboxylic acids is 1. The first kappa shape index (κ1) is 19.5. The van der Waals surface area contributed by atoms with E-state index in [9.17, 15) is 14.7 Å². The number of rotatable bonds is 5. The average Bonchev–Trinajstić information content (AvgIpc) is 2.91. The highest BCUT2D eigenvalue weighted by Gasteiger charge is 2.33. The van der Waals surface area contributed by atoms with Crippen molar-refractivity contribution >= 4 is 28.2 Å². The summed E-state index contributed by atoms with van der Waals surface area (Å²) < 4.78 is 0. The van der Waals surface area contributed by atoms with E-state index in [1.165, 1.54) is 11.3 Å². The summed E-state index contributed by atoms with van der Waals surface area (Å²) in [6.07, 6.45) is 2.57. The molecule has 1 aliphatic rings. The molecule has 1 aromatic carbocycles. The molecule has 144 valence electrons. The number of fused-ring (bicyclic) bond motifs is 1. The molecule has 0 spiro atoms. The fourth-order valence-electron chi connectivity index (χ4n) is 3.71. The van der Waals surface area contributed by atoms with Gasteiger partial charge in [-0.1, -0.05) is 32.0 Å². The Balaban J connectivity index is 1.99. The number of carboxylic acid groups (broad SMARTS) is 1. The minimum Gasteiger partial charge on any atom is -0.478 e. The van der Waals surface area contributed by atoms with Crippen LogP contribution in [0.2, 0.25) is 0 Å². The third-order valence-corrected chi connectivity index (χ3v) is 6.30. The first-order valence-corrected chi connectivity index (χ1v) is 9.76. The molecule has 0 radical (unpaired) electrons. The van der Waals surface area contributed by atoms with Gasteiger partial charge in [-0.3, -0.25) is 16.1 Å². The summed E-state index contributed by atoms with van der Waals surface area (Å²) in [6, 6.07) is 5.56. The lowest BCUT2D eigenvalue weighted by atomic mass is 9.76. The third kappa shape index (κ3) is 3.90. The molecule has 5 N–H and O–H groups in total. The maximum Gasteiger partial charge on any atom is 0.339 e. The Morgan fingerprint density at radius 3 is 2.70 bits per heavy atom. The van der Waals surface area contributed by atoms with Crippen LogP contribution in [0, 0.1) is 12.3 Å². The number of amides is 1. The number of carbonyl (C=O) groups is 2. The number of hydrazine groups is 1. The van der Waals surface area contributed by atoms with E-state index in [1.807, 2.05) is 25.1 Å². The van der Waals surface area contributed by atoms with E-state index in [1.54, 1.807) is 0 Å². The number of carboxylic acids is 1. The second-order valence-electron chi connectivity index (χ2n) is 7.80. The Morgan fingerprint density at radius 1 is 1.30 bits per heavy atom. The molecule has 1 amide bonds. The van der Waals surface area contributed by atoms with Gasteiger partial charge in [-0.2, -0.15) is 0 Å². The maximum atomic E-state index is 13.0. The van der Waals surface area contributed by atoms with Crippen LogP contribution in [-0.4, -0.2) is 17.0 Å². The topological polar surface area (TPSA) is 104 Å². The molecule has 0 saturated carbocycles. The lowest BCUT2D eigenvalue weighted by Crippen LogP contribution is -2.24. The van der Waals surface area contributed by atoms with Crippen LogP contribution in [0.1, 0.15) is 62.6 Å². The Morgan fingerprint density at radius 2 is 2.04 bits per heavy atom. The molecule has 6 nitrogen and oxygen atoms in total. The molecule has 3 rings (SSSR count). The zero-order chi connectivity index (χ0) is 19.8. The van der Waals surface area contributed by atoms with E-state index in [0.29, 0.717) is 23.5 Å². The van der Waals surface area contributed by atoms with Gasteiger partial charge in [-0.15, -0.1) is 11.3 Å². The summed E-state index contributed by atoms with van der Waals surface area (Å²) in [7, 11) is 0. The fraction of sp³-hybridized carbons (Fsp3) is 0.400. The summed E-state index contributed by atoms with van der Waals surface area (Å²) in [5, 5.41) is 13.1. The Kier molecular flexibility index (Phi) is 5.37. The first-order valence-electron chi connectivity index (χ1n) is 8.94. The van der Waals surface area contributed by atoms with E-state index in [-0.39, 0.29) is 16.9 Å². The van der Waals surface area contributed by atoms with Gasteiger partial charge in [0.15, 0.2) is 0 Å². The van der Waals surface area contributed by atoms with Crippen LogP contribution in [0.5, 0.6) is 0 Å². The Labute approximate surface area is 162 Å². The van der Waals surface area contributed by atoms with Gasteiger partial charge in [0.1, 0.15) is 5.00 Å². The quantitative estimate of drug-likeness (QED) is 0.464. The first-order chi connectivity index (χ1) is 12.7. The smallest absolute Gasteiger partial charge is 0.339 e. The van der Waals surface area contributed by atoms with Crippen molar-refractivity contribution in [3.05, 3.63) is 50.9 Å². The van der Waals surface area contributed by atoms with Crippen LogP contribution in [-0.2, 0) is 19.4 Å². The predicted octanol–water partition coefficient (Wildman–Crippen LogP) is 3.49. The fourth-order valence-corrected chi connectivity index (χ4v) is 4.91. The molecule has 27 heavy (non-hydrogen) atoms. The van der Waals surface area contributed by atoms with E-state index in [0.717, 1.165) is 34.4 Å². The van der Waals surface area contributed by atoms with E-state index >= 15 is 0 Å². The van der Waals surface area contributed by atoms with Crippen molar-refractivity contribution in [2.75, 3.05) is 5.32 Å². The highest BCUT2D eigenvalue weighted by Crippen LogP contribution is 2.44. The molecule has 1 heterocycles. The number of benzene rings is 1. The van der Waals surface area contributed by atoms with Crippen molar-refractivity contribution in [2.45, 2.75) is 46.6 Å². The van der Waals surface area contributed by atoms with Crippen molar-refractivity contribution in [3.63, 3.8) is 0 Å². The number of aryl methyl sites for hydroxylation is 2. The molecule has 0 saturated heterocycles. The van der Waals surface area contributed by atoms with Crippen LogP contribution in [0.3, 0.4) is 0 Å². The Bertz CT molecular complexity index is 902. The third-order valence-electron chi connectivity index (χ3n) is 5.09. The SMILES string of the molecule is Cc1cccc(CNN)c1C(=O)Nc1sc2c(c1C(=O)O)CC(C)(C)CC2. The number of anilines is 1. The second-order valence-corrected chi connectivity index (χ2v) is 8.90. The van der Waals surface area contributed by atoms with Crippen molar-refractivity contribution in [2.24, 2.45) is 11.3 Å². The molecule has 7 heteroatoms. The van der Waals surface area contributed by atoms with Gasteiger partial charge in [0.05, 0.1) is 5.56 Å². The van der Waals surface area contributed by atoms with Gasteiger partial charge < -0.3 is 10.4 Å². The van der Waals surface area contributed by atoms with Crippen LogP contribution < -0.4 is 16.6 Å². The molecular weight excluding hydrogens is 362 g/mol. The summed E-state index contributed by atoms with van der Waals surface area (Å²) in [5.74, 6) is 4.13. The summed E-state index contributed by atoms with van der Waals surface area (Å²) in [6.45, 7) is 6.51. The molecule has 1 aliphatic carbocycles. The maximum absolute atomic E-state index is 13.0. The van der Waals surface area contributed by atoms with E-state index < -0.39 is 5.97 Å². The van der Waals surface area contributed by atoms with Gasteiger partial charge in [-0.05, 0) is 48.3 Å². The predicted molar refractivity (Wildman–Crippen MR) is 107 cm³/mol. The highest BCUT2D eigenvalue weighted by atomic mass is 32.1. The molecule has 1 aromatic heterocycles. The summed E-state index contributed by atoms with van der Waals surface area (Å²) in [4.78, 5) is 26.0. The minimum absolute atomic E-state index is 0.0650. The molecule has 0 atom stereocenters. The lowest BCUT2D eigenvalue weighted by Gasteiger charge is -2.29. The van der Waals surface area contributed by atoms with Crippen molar-refractivity contribution in [3.8, 4) is 0 Å². The summed E-state index contributed by atoms with van der Waals surface area (Å²) in [5.41, 5.74) is 5.87. The van der Waals surface area contributed by atoms with Gasteiger partial charge in [0, 0.05) is 17.0 Å². The number of nitrogens with one attached hydrogen (secondary N) is 2. The minimum atomic E-state index is -0.992. The normalized spacial score (nSPS) is 15.3. The number of hydrogen-bond donors (Lipinski definition) is 4. The number of nitrogens with two attached hydrogens (primary N) is 1. The van der Waals surface area contributed by atoms with Crippen LogP contribution in [0.15, 0.2) is 18.2 Å². The van der Waals surface area contributed by atoms with Crippen molar-refractivity contribution < 1.29 is 14.7 Å². The molecule has 0 aliphatic heterocycles. The van der Waals surface area contributed by atoms with Crippen molar-refractivity contribution in [1.29, 1.82) is 0 Å². The summed E-state index contributed by atoms with van der Waals surface area (Å²) >= 11 is 1.39. The van der Waals surface area contributed by atoms with Crippen molar-refractivity contribution in [1.82, 2.24) is 5.43 Å². The number of aromatic carboxylic acids is 1. The van der Waals surface area contributed by atoms with Gasteiger partial charge in [-0.25, -0.2) is 4.79 Å². The molecule has 0 unspecified atom stereocenters. The monoisotopic (exact) mass is 387 g/mol. The zero-order valence-electron chi connectivity index (χ0n) is 15.8.